The average molecular weight is 514 g/mol. The zero-order chi connectivity index (χ0) is 25.8. The first-order chi connectivity index (χ1) is 17.8. The van der Waals surface area contributed by atoms with Crippen LogP contribution >= 0.6 is 0 Å². The Morgan fingerprint density at radius 1 is 1.03 bits per heavy atom. The van der Waals surface area contributed by atoms with Crippen LogP contribution in [0.1, 0.15) is 6.92 Å². The summed E-state index contributed by atoms with van der Waals surface area (Å²) in [6, 6.07) is 7.38. The van der Waals surface area contributed by atoms with Crippen LogP contribution in [0.4, 0.5) is 30.6 Å². The van der Waals surface area contributed by atoms with Crippen molar-refractivity contribution in [3.8, 4) is 11.5 Å². The standard InChI is InChI=1S/C25H24F2N4O6/c1-12(32)28-7-15-8-31(25(34)37-15)14-5-18(26)23(19(27)6-14)30-9-16-17(10-30)22(16)24(33)29-13-2-3-20-21(4-13)36-11-35-20/h2-6,15-17,22H,7-11H2,1H3,(H,28,32)(H,29,33). The Kier molecular flexibility index (Phi) is 5.54. The lowest BCUT2D eigenvalue weighted by molar-refractivity contribution is -0.119. The number of rotatable bonds is 6. The summed E-state index contributed by atoms with van der Waals surface area (Å²) in [5.41, 5.74) is 0.469. The molecule has 2 N–H and O–H groups in total. The molecule has 3 unspecified atom stereocenters. The van der Waals surface area contributed by atoms with Gasteiger partial charge in [0.15, 0.2) is 23.1 Å². The smallest absolute Gasteiger partial charge is 0.414 e. The third-order valence-corrected chi connectivity index (χ3v) is 7.22. The largest absolute Gasteiger partial charge is 0.454 e. The van der Waals surface area contributed by atoms with Crippen molar-refractivity contribution in [1.29, 1.82) is 0 Å². The van der Waals surface area contributed by atoms with Crippen LogP contribution in [0.5, 0.6) is 11.5 Å². The van der Waals surface area contributed by atoms with Gasteiger partial charge in [-0.25, -0.2) is 13.6 Å². The summed E-state index contributed by atoms with van der Waals surface area (Å²) < 4.78 is 45.9. The highest BCUT2D eigenvalue weighted by Gasteiger charge is 2.60. The molecular formula is C25H24F2N4O6. The maximum absolute atomic E-state index is 15.1. The number of benzene rings is 2. The third kappa shape index (κ3) is 4.25. The van der Waals surface area contributed by atoms with Gasteiger partial charge < -0.3 is 29.7 Å². The highest BCUT2D eigenvalue weighted by atomic mass is 19.1. The summed E-state index contributed by atoms with van der Waals surface area (Å²) >= 11 is 0. The molecule has 0 spiro atoms. The SMILES string of the molecule is CC(=O)NCC1CN(c2cc(F)c(N3CC4C(C3)C4C(=O)Nc3ccc4c(c3)OCO4)c(F)c2)C(=O)O1. The maximum Gasteiger partial charge on any atom is 0.414 e. The van der Waals surface area contributed by atoms with Gasteiger partial charge in [-0.05, 0) is 24.0 Å². The maximum atomic E-state index is 15.1. The molecule has 4 aliphatic rings. The van der Waals surface area contributed by atoms with Crippen molar-refractivity contribution in [3.63, 3.8) is 0 Å². The second kappa shape index (κ2) is 8.79. The number of carbonyl (C=O) groups is 3. The molecule has 10 nitrogen and oxygen atoms in total. The molecule has 0 radical (unpaired) electrons. The average Bonchev–Trinajstić information content (AvgIpc) is 3.23. The third-order valence-electron chi connectivity index (χ3n) is 7.22. The molecule has 2 aromatic carbocycles. The van der Waals surface area contributed by atoms with E-state index in [1.807, 2.05) is 0 Å². The van der Waals surface area contributed by atoms with Crippen LogP contribution < -0.4 is 29.9 Å². The topological polar surface area (TPSA) is 109 Å². The Balaban J connectivity index is 1.08. The fourth-order valence-corrected chi connectivity index (χ4v) is 5.40. The number of anilines is 3. The normalized spacial score (nSPS) is 25.1. The van der Waals surface area contributed by atoms with Gasteiger partial charge in [-0.3, -0.25) is 14.5 Å². The molecule has 3 atom stereocenters. The molecule has 3 aliphatic heterocycles. The van der Waals surface area contributed by atoms with Gasteiger partial charge in [0, 0.05) is 49.8 Å². The molecule has 2 aromatic rings. The van der Waals surface area contributed by atoms with E-state index in [1.165, 1.54) is 6.92 Å². The minimum absolute atomic E-state index is 0.00409. The first kappa shape index (κ1) is 23.3. The Morgan fingerprint density at radius 3 is 2.43 bits per heavy atom. The molecule has 1 saturated carbocycles. The van der Waals surface area contributed by atoms with Crippen LogP contribution in [0.2, 0.25) is 0 Å². The van der Waals surface area contributed by atoms with Crippen molar-refractivity contribution >= 4 is 35.0 Å². The molecule has 0 aromatic heterocycles. The molecular weight excluding hydrogens is 490 g/mol. The van der Waals surface area contributed by atoms with Crippen LogP contribution in [-0.4, -0.2) is 57.0 Å². The van der Waals surface area contributed by atoms with E-state index in [9.17, 15) is 14.4 Å². The van der Waals surface area contributed by atoms with E-state index in [4.69, 9.17) is 14.2 Å². The van der Waals surface area contributed by atoms with Crippen molar-refractivity contribution in [2.75, 3.05) is 48.1 Å². The van der Waals surface area contributed by atoms with E-state index in [1.54, 1.807) is 23.1 Å². The highest BCUT2D eigenvalue weighted by Crippen LogP contribution is 2.53. The summed E-state index contributed by atoms with van der Waals surface area (Å²) in [4.78, 5) is 38.8. The fraction of sp³-hybridized carbons (Fsp3) is 0.400. The zero-order valence-corrected chi connectivity index (χ0v) is 19.8. The lowest BCUT2D eigenvalue weighted by atomic mass is 10.2. The van der Waals surface area contributed by atoms with Gasteiger partial charge in [0.2, 0.25) is 18.6 Å². The molecule has 194 valence electrons. The summed E-state index contributed by atoms with van der Waals surface area (Å²) in [5, 5.41) is 5.44. The number of nitrogens with one attached hydrogen (secondary N) is 2. The van der Waals surface area contributed by atoms with Crippen LogP contribution in [0, 0.1) is 29.4 Å². The first-order valence-corrected chi connectivity index (χ1v) is 12.0. The van der Waals surface area contributed by atoms with E-state index < -0.39 is 23.8 Å². The number of halogens is 2. The summed E-state index contributed by atoms with van der Waals surface area (Å²) in [6.07, 6.45) is -1.35. The molecule has 37 heavy (non-hydrogen) atoms. The first-order valence-electron chi connectivity index (χ1n) is 12.0. The van der Waals surface area contributed by atoms with Crippen molar-refractivity contribution in [3.05, 3.63) is 42.0 Å². The predicted octanol–water partition coefficient (Wildman–Crippen LogP) is 2.48. The van der Waals surface area contributed by atoms with Crippen LogP contribution in [0.3, 0.4) is 0 Å². The second-order valence-corrected chi connectivity index (χ2v) is 9.63. The number of nitrogens with zero attached hydrogens (tertiary/aromatic N) is 2. The number of ether oxygens (including phenoxy) is 3. The minimum atomic E-state index is -0.796. The summed E-state index contributed by atoms with van der Waals surface area (Å²) in [7, 11) is 0. The quantitative estimate of drug-likeness (QED) is 0.610. The van der Waals surface area contributed by atoms with E-state index in [2.05, 4.69) is 10.6 Å². The molecule has 1 aliphatic carbocycles. The van der Waals surface area contributed by atoms with Gasteiger partial charge in [0.05, 0.1) is 18.8 Å². The van der Waals surface area contributed by atoms with Gasteiger partial charge >= 0.3 is 6.09 Å². The Bertz CT molecular complexity index is 1270. The van der Waals surface area contributed by atoms with Gasteiger partial charge in [0.1, 0.15) is 11.8 Å². The van der Waals surface area contributed by atoms with Gasteiger partial charge in [-0.1, -0.05) is 0 Å². The molecule has 0 bridgehead atoms. The predicted molar refractivity (Wildman–Crippen MR) is 127 cm³/mol. The zero-order valence-electron chi connectivity index (χ0n) is 19.8. The Hall–Kier alpha value is -4.09. The lowest BCUT2D eigenvalue weighted by Crippen LogP contribution is -2.33. The van der Waals surface area contributed by atoms with Crippen molar-refractivity contribution in [1.82, 2.24) is 5.32 Å². The Morgan fingerprint density at radius 2 is 1.73 bits per heavy atom. The number of hydrogen-bond acceptors (Lipinski definition) is 7. The van der Waals surface area contributed by atoms with Gasteiger partial charge in [0.25, 0.3) is 0 Å². The van der Waals surface area contributed by atoms with Gasteiger partial charge in [-0.15, -0.1) is 0 Å². The van der Waals surface area contributed by atoms with Crippen LogP contribution in [-0.2, 0) is 14.3 Å². The monoisotopic (exact) mass is 514 g/mol. The number of carbonyl (C=O) groups excluding carboxylic acids is 3. The lowest BCUT2D eigenvalue weighted by Gasteiger charge is -2.24. The number of cyclic esters (lactones) is 1. The molecule has 3 amide bonds. The summed E-state index contributed by atoms with van der Waals surface area (Å²) in [5.74, 6) is -1.04. The highest BCUT2D eigenvalue weighted by molar-refractivity contribution is 5.95. The van der Waals surface area contributed by atoms with Crippen molar-refractivity contribution in [2.45, 2.75) is 13.0 Å². The number of fused-ring (bicyclic) bond motifs is 2. The number of piperidine rings is 1. The molecule has 2 saturated heterocycles. The fourth-order valence-electron chi connectivity index (χ4n) is 5.40. The van der Waals surface area contributed by atoms with E-state index >= 15 is 8.78 Å². The van der Waals surface area contributed by atoms with Crippen molar-refractivity contribution < 1.29 is 37.4 Å². The van der Waals surface area contributed by atoms with Crippen LogP contribution in [0.15, 0.2) is 30.3 Å². The second-order valence-electron chi connectivity index (χ2n) is 9.63. The van der Waals surface area contributed by atoms with Gasteiger partial charge in [-0.2, -0.15) is 0 Å². The molecule has 12 heteroatoms. The molecule has 3 fully saturated rings. The van der Waals surface area contributed by atoms with E-state index in [0.29, 0.717) is 30.3 Å². The number of hydrogen-bond donors (Lipinski definition) is 2. The Labute approximate surface area is 210 Å². The van der Waals surface area contributed by atoms with E-state index in [0.717, 1.165) is 17.0 Å². The minimum Gasteiger partial charge on any atom is -0.454 e. The summed E-state index contributed by atoms with van der Waals surface area (Å²) in [6.45, 7) is 2.36. The van der Waals surface area contributed by atoms with E-state index in [-0.39, 0.29) is 60.8 Å². The molecule has 3 heterocycles. The van der Waals surface area contributed by atoms with Crippen molar-refractivity contribution in [2.24, 2.45) is 17.8 Å². The number of amides is 3. The molecule has 6 rings (SSSR count). The van der Waals surface area contributed by atoms with Crippen LogP contribution in [0.25, 0.3) is 0 Å².